The number of aryl methyl sites for hydroxylation is 1. The number of hydrogen-bond donors (Lipinski definition) is 1. The molecule has 0 aromatic carbocycles. The van der Waals surface area contributed by atoms with Crippen molar-refractivity contribution in [1.82, 2.24) is 9.78 Å². The topological polar surface area (TPSA) is 47.3 Å². The lowest BCUT2D eigenvalue weighted by atomic mass is 9.93. The van der Waals surface area contributed by atoms with E-state index in [0.29, 0.717) is 5.92 Å². The van der Waals surface area contributed by atoms with Crippen molar-refractivity contribution >= 4 is 0 Å². The Labute approximate surface area is 103 Å². The highest BCUT2D eigenvalue weighted by atomic mass is 16.5. The fourth-order valence-electron chi connectivity index (χ4n) is 2.83. The van der Waals surface area contributed by atoms with Crippen molar-refractivity contribution in [3.05, 3.63) is 11.9 Å². The Bertz CT molecular complexity index is 375. The molecule has 4 heteroatoms. The van der Waals surface area contributed by atoms with E-state index in [9.17, 15) is 5.11 Å². The third kappa shape index (κ3) is 2.18. The van der Waals surface area contributed by atoms with Crippen molar-refractivity contribution in [3.8, 4) is 5.75 Å². The Balaban J connectivity index is 2.32. The van der Waals surface area contributed by atoms with Crippen LogP contribution in [0.4, 0.5) is 0 Å². The maximum absolute atomic E-state index is 9.88. The second kappa shape index (κ2) is 5.08. The molecule has 1 fully saturated rings. The molecule has 3 unspecified atom stereocenters. The molecule has 1 heterocycles. The van der Waals surface area contributed by atoms with E-state index in [1.807, 2.05) is 4.68 Å². The lowest BCUT2D eigenvalue weighted by Crippen LogP contribution is -2.17. The van der Waals surface area contributed by atoms with E-state index in [1.54, 1.807) is 13.3 Å². The van der Waals surface area contributed by atoms with Gasteiger partial charge in [-0.25, -0.2) is 0 Å². The molecule has 17 heavy (non-hydrogen) atoms. The van der Waals surface area contributed by atoms with E-state index >= 15 is 0 Å². The van der Waals surface area contributed by atoms with Crippen molar-refractivity contribution in [3.63, 3.8) is 0 Å². The first kappa shape index (κ1) is 12.4. The van der Waals surface area contributed by atoms with Crippen LogP contribution in [-0.2, 0) is 6.54 Å². The zero-order chi connectivity index (χ0) is 12.4. The average molecular weight is 238 g/mol. The first-order valence-electron chi connectivity index (χ1n) is 6.46. The molecule has 0 aliphatic heterocycles. The molecule has 0 saturated heterocycles. The molecular weight excluding hydrogens is 216 g/mol. The van der Waals surface area contributed by atoms with Gasteiger partial charge in [0.15, 0.2) is 5.75 Å². The molecule has 96 valence electrons. The van der Waals surface area contributed by atoms with Crippen LogP contribution in [-0.4, -0.2) is 28.1 Å². The third-order valence-corrected chi connectivity index (χ3v) is 3.87. The average Bonchev–Trinajstić information content (AvgIpc) is 2.85. The highest BCUT2D eigenvalue weighted by Gasteiger charge is 2.36. The van der Waals surface area contributed by atoms with Crippen molar-refractivity contribution in [2.75, 3.05) is 7.11 Å². The number of aliphatic hydroxyl groups excluding tert-OH is 1. The van der Waals surface area contributed by atoms with Crippen LogP contribution in [0.5, 0.6) is 5.75 Å². The number of hydrogen-bond acceptors (Lipinski definition) is 3. The smallest absolute Gasteiger partial charge is 0.160 e. The summed E-state index contributed by atoms with van der Waals surface area (Å²) < 4.78 is 7.44. The van der Waals surface area contributed by atoms with Gasteiger partial charge in [0, 0.05) is 12.5 Å². The summed E-state index contributed by atoms with van der Waals surface area (Å²) in [7, 11) is 1.69. The molecule has 4 nitrogen and oxygen atoms in total. The fraction of sp³-hybridized carbons (Fsp3) is 0.769. The van der Waals surface area contributed by atoms with E-state index in [-0.39, 0.29) is 12.0 Å². The molecule has 1 N–H and O–H groups in total. The number of nitrogens with zero attached hydrogens (tertiary/aromatic N) is 2. The Morgan fingerprint density at radius 3 is 2.82 bits per heavy atom. The van der Waals surface area contributed by atoms with Gasteiger partial charge in [0.2, 0.25) is 0 Å². The maximum Gasteiger partial charge on any atom is 0.160 e. The molecule has 1 aromatic rings. The summed E-state index contributed by atoms with van der Waals surface area (Å²) in [6.07, 6.45) is 4.57. The first-order valence-corrected chi connectivity index (χ1v) is 6.46. The molecule has 0 bridgehead atoms. The van der Waals surface area contributed by atoms with Crippen molar-refractivity contribution in [2.45, 2.75) is 51.7 Å². The predicted octanol–water partition coefficient (Wildman–Crippen LogP) is 2.18. The van der Waals surface area contributed by atoms with Crippen LogP contribution in [0.25, 0.3) is 0 Å². The SMILES string of the molecule is CCCn1ncc(OC)c1C1CCC(O)C1C. The second-order valence-electron chi connectivity index (χ2n) is 4.93. The van der Waals surface area contributed by atoms with Gasteiger partial charge < -0.3 is 9.84 Å². The first-order chi connectivity index (χ1) is 8.19. The zero-order valence-corrected chi connectivity index (χ0v) is 10.9. The summed E-state index contributed by atoms with van der Waals surface area (Å²) in [6.45, 7) is 5.17. The second-order valence-corrected chi connectivity index (χ2v) is 4.93. The Morgan fingerprint density at radius 2 is 2.29 bits per heavy atom. The summed E-state index contributed by atoms with van der Waals surface area (Å²) in [5.41, 5.74) is 1.17. The van der Waals surface area contributed by atoms with Gasteiger partial charge in [-0.05, 0) is 25.2 Å². The molecule has 0 radical (unpaired) electrons. The van der Waals surface area contributed by atoms with Crippen LogP contribution in [0.2, 0.25) is 0 Å². The summed E-state index contributed by atoms with van der Waals surface area (Å²) >= 11 is 0. The molecule has 0 amide bonds. The van der Waals surface area contributed by atoms with Gasteiger partial charge in [-0.2, -0.15) is 5.10 Å². The molecule has 1 aliphatic carbocycles. The summed E-state index contributed by atoms with van der Waals surface area (Å²) in [4.78, 5) is 0. The van der Waals surface area contributed by atoms with Gasteiger partial charge in [-0.3, -0.25) is 4.68 Å². The molecule has 1 saturated carbocycles. The minimum absolute atomic E-state index is 0.185. The van der Waals surface area contributed by atoms with Crippen molar-refractivity contribution in [2.24, 2.45) is 5.92 Å². The van der Waals surface area contributed by atoms with Crippen molar-refractivity contribution in [1.29, 1.82) is 0 Å². The van der Waals surface area contributed by atoms with Crippen LogP contribution in [0.1, 0.15) is 44.7 Å². The van der Waals surface area contributed by atoms with Crippen LogP contribution in [0.3, 0.4) is 0 Å². The normalized spacial score (nSPS) is 28.6. The monoisotopic (exact) mass is 238 g/mol. The highest BCUT2D eigenvalue weighted by molar-refractivity contribution is 5.30. The Morgan fingerprint density at radius 1 is 1.53 bits per heavy atom. The van der Waals surface area contributed by atoms with E-state index in [2.05, 4.69) is 18.9 Å². The van der Waals surface area contributed by atoms with Gasteiger partial charge in [-0.1, -0.05) is 13.8 Å². The van der Waals surface area contributed by atoms with E-state index in [1.165, 1.54) is 5.69 Å². The van der Waals surface area contributed by atoms with Gasteiger partial charge in [0.05, 0.1) is 25.1 Å². The number of rotatable bonds is 4. The molecular formula is C13H22N2O2. The quantitative estimate of drug-likeness (QED) is 0.874. The summed E-state index contributed by atoms with van der Waals surface area (Å²) in [5, 5.41) is 14.3. The standard InChI is InChI=1S/C13H22N2O2/c1-4-7-15-13(12(17-3)8-14-15)10-5-6-11(16)9(10)2/h8-11,16H,4-7H2,1-3H3. The summed E-state index contributed by atoms with van der Waals surface area (Å²) in [5.74, 6) is 1.52. The van der Waals surface area contributed by atoms with Crippen molar-refractivity contribution < 1.29 is 9.84 Å². The van der Waals surface area contributed by atoms with Gasteiger partial charge >= 0.3 is 0 Å². The Hall–Kier alpha value is -1.03. The van der Waals surface area contributed by atoms with Gasteiger partial charge in [0.1, 0.15) is 0 Å². The maximum atomic E-state index is 9.88. The molecule has 2 rings (SSSR count). The number of ether oxygens (including phenoxy) is 1. The molecule has 1 aromatic heterocycles. The predicted molar refractivity (Wildman–Crippen MR) is 66.2 cm³/mol. The number of aromatic nitrogens is 2. The van der Waals surface area contributed by atoms with Gasteiger partial charge in [0.25, 0.3) is 0 Å². The van der Waals surface area contributed by atoms with E-state index < -0.39 is 0 Å². The third-order valence-electron chi connectivity index (χ3n) is 3.87. The number of aliphatic hydroxyl groups is 1. The highest BCUT2D eigenvalue weighted by Crippen LogP contribution is 2.42. The van der Waals surface area contributed by atoms with Crippen LogP contribution in [0, 0.1) is 5.92 Å². The largest absolute Gasteiger partial charge is 0.493 e. The lowest BCUT2D eigenvalue weighted by Gasteiger charge is -2.20. The fourth-order valence-corrected chi connectivity index (χ4v) is 2.83. The zero-order valence-electron chi connectivity index (χ0n) is 10.9. The molecule has 3 atom stereocenters. The minimum atomic E-state index is -0.185. The summed E-state index contributed by atoms with van der Waals surface area (Å²) in [6, 6.07) is 0. The molecule has 0 spiro atoms. The van der Waals surface area contributed by atoms with Crippen LogP contribution in [0.15, 0.2) is 6.20 Å². The van der Waals surface area contributed by atoms with Crippen LogP contribution < -0.4 is 4.74 Å². The lowest BCUT2D eigenvalue weighted by molar-refractivity contribution is 0.135. The van der Waals surface area contributed by atoms with Crippen LogP contribution >= 0.6 is 0 Å². The molecule has 1 aliphatic rings. The minimum Gasteiger partial charge on any atom is -0.493 e. The van der Waals surface area contributed by atoms with E-state index in [4.69, 9.17) is 4.74 Å². The number of methoxy groups -OCH3 is 1. The van der Waals surface area contributed by atoms with Gasteiger partial charge in [-0.15, -0.1) is 0 Å². The van der Waals surface area contributed by atoms with E-state index in [0.717, 1.165) is 31.6 Å². The Kier molecular flexibility index (Phi) is 3.72.